The van der Waals surface area contributed by atoms with Gasteiger partial charge in [-0.25, -0.2) is 0 Å². The van der Waals surface area contributed by atoms with Crippen molar-refractivity contribution in [3.8, 4) is 12.3 Å². The molecular formula is C8H11NOS2. The van der Waals surface area contributed by atoms with Crippen molar-refractivity contribution in [3.63, 3.8) is 0 Å². The Morgan fingerprint density at radius 2 is 2.25 bits per heavy atom. The van der Waals surface area contributed by atoms with Crippen LogP contribution in [-0.4, -0.2) is 41.3 Å². The Morgan fingerprint density at radius 1 is 1.58 bits per heavy atom. The molecule has 12 heavy (non-hydrogen) atoms. The summed E-state index contributed by atoms with van der Waals surface area (Å²) in [5, 5.41) is 0. The zero-order valence-electron chi connectivity index (χ0n) is 6.78. The Labute approximate surface area is 82.6 Å². The summed E-state index contributed by atoms with van der Waals surface area (Å²) in [6, 6.07) is 0. The lowest BCUT2D eigenvalue weighted by molar-refractivity contribution is 0.0702. The molecule has 0 aromatic rings. The summed E-state index contributed by atoms with van der Waals surface area (Å²) in [5.41, 5.74) is 0. The molecule has 4 heteroatoms. The molecular weight excluding hydrogens is 190 g/mol. The van der Waals surface area contributed by atoms with Gasteiger partial charge in [0.15, 0.2) is 0 Å². The molecule has 1 saturated heterocycles. The van der Waals surface area contributed by atoms with Crippen LogP contribution in [0.5, 0.6) is 0 Å². The van der Waals surface area contributed by atoms with Gasteiger partial charge in [-0.2, -0.15) is 0 Å². The summed E-state index contributed by atoms with van der Waals surface area (Å²) in [7, 11) is 0. The second-order valence-corrected chi connectivity index (χ2v) is 3.97. The molecule has 1 aliphatic heterocycles. The molecule has 0 spiro atoms. The molecule has 0 amide bonds. The lowest BCUT2D eigenvalue weighted by atomic mass is 10.5. The third kappa shape index (κ3) is 3.02. The number of hydrogen-bond acceptors (Lipinski definition) is 3. The number of thiocarbonyl (C=S) groups is 1. The summed E-state index contributed by atoms with van der Waals surface area (Å²) in [6.07, 6.45) is 5.13. The van der Waals surface area contributed by atoms with Crippen LogP contribution in [-0.2, 0) is 4.74 Å². The van der Waals surface area contributed by atoms with Gasteiger partial charge in [-0.3, -0.25) is 0 Å². The minimum atomic E-state index is 0.663. The fourth-order valence-corrected chi connectivity index (χ4v) is 1.87. The van der Waals surface area contributed by atoms with Crippen LogP contribution in [0.3, 0.4) is 0 Å². The van der Waals surface area contributed by atoms with Gasteiger partial charge in [0.1, 0.15) is 4.32 Å². The van der Waals surface area contributed by atoms with Crippen molar-refractivity contribution in [2.45, 2.75) is 0 Å². The first-order valence-corrected chi connectivity index (χ1v) is 5.17. The number of terminal acetylenes is 1. The largest absolute Gasteiger partial charge is 0.378 e. The van der Waals surface area contributed by atoms with Crippen LogP contribution in [0.2, 0.25) is 0 Å². The second-order valence-electron chi connectivity index (χ2n) is 2.36. The molecule has 0 aromatic carbocycles. The third-order valence-corrected chi connectivity index (χ3v) is 2.98. The number of thioether (sulfide) groups is 1. The SMILES string of the molecule is C#CCSC(=S)N1CCOCC1. The summed E-state index contributed by atoms with van der Waals surface area (Å²) in [4.78, 5) is 2.14. The van der Waals surface area contributed by atoms with Crippen LogP contribution in [0, 0.1) is 12.3 Å². The Hall–Kier alpha value is -0.240. The van der Waals surface area contributed by atoms with E-state index >= 15 is 0 Å². The summed E-state index contributed by atoms with van der Waals surface area (Å²) >= 11 is 6.73. The lowest BCUT2D eigenvalue weighted by Gasteiger charge is -2.28. The van der Waals surface area contributed by atoms with Crippen molar-refractivity contribution >= 4 is 28.3 Å². The highest BCUT2D eigenvalue weighted by Gasteiger charge is 2.12. The van der Waals surface area contributed by atoms with Crippen LogP contribution >= 0.6 is 24.0 Å². The lowest BCUT2D eigenvalue weighted by Crippen LogP contribution is -2.38. The van der Waals surface area contributed by atoms with Gasteiger partial charge >= 0.3 is 0 Å². The zero-order valence-corrected chi connectivity index (χ0v) is 8.42. The number of hydrogen-bond donors (Lipinski definition) is 0. The molecule has 0 aliphatic carbocycles. The van der Waals surface area contributed by atoms with E-state index in [-0.39, 0.29) is 0 Å². The summed E-state index contributed by atoms with van der Waals surface area (Å²) in [6.45, 7) is 3.35. The van der Waals surface area contributed by atoms with Gasteiger partial charge in [0.2, 0.25) is 0 Å². The fraction of sp³-hybridized carbons (Fsp3) is 0.625. The predicted octanol–water partition coefficient (Wildman–Crippen LogP) is 0.970. The Bertz CT molecular complexity index is 194. The first kappa shape index (κ1) is 9.85. The molecule has 0 unspecified atom stereocenters. The van der Waals surface area contributed by atoms with Crippen molar-refractivity contribution in [1.82, 2.24) is 4.90 Å². The quantitative estimate of drug-likeness (QED) is 0.463. The van der Waals surface area contributed by atoms with Gasteiger partial charge in [0, 0.05) is 13.1 Å². The first-order valence-electron chi connectivity index (χ1n) is 3.77. The molecule has 66 valence electrons. The normalized spacial score (nSPS) is 17.1. The van der Waals surface area contributed by atoms with E-state index in [2.05, 4.69) is 10.8 Å². The molecule has 1 fully saturated rings. The molecule has 0 atom stereocenters. The molecule has 0 bridgehead atoms. The Morgan fingerprint density at radius 3 is 2.83 bits per heavy atom. The van der Waals surface area contributed by atoms with Gasteiger partial charge in [0.05, 0.1) is 19.0 Å². The number of nitrogens with zero attached hydrogens (tertiary/aromatic N) is 1. The Kier molecular flexibility index (Phi) is 4.44. The van der Waals surface area contributed by atoms with E-state index in [9.17, 15) is 0 Å². The highest BCUT2D eigenvalue weighted by molar-refractivity contribution is 8.23. The van der Waals surface area contributed by atoms with E-state index in [0.29, 0.717) is 5.75 Å². The van der Waals surface area contributed by atoms with E-state index in [1.54, 1.807) is 11.8 Å². The van der Waals surface area contributed by atoms with Crippen LogP contribution in [0.1, 0.15) is 0 Å². The molecule has 1 heterocycles. The Balaban J connectivity index is 2.26. The van der Waals surface area contributed by atoms with Gasteiger partial charge in [-0.1, -0.05) is 29.9 Å². The molecule has 0 saturated carbocycles. The van der Waals surface area contributed by atoms with Crippen LogP contribution in [0.15, 0.2) is 0 Å². The summed E-state index contributed by atoms with van der Waals surface area (Å²) in [5.74, 6) is 3.22. The molecule has 1 rings (SSSR count). The molecule has 2 nitrogen and oxygen atoms in total. The maximum atomic E-state index is 5.20. The minimum Gasteiger partial charge on any atom is -0.378 e. The van der Waals surface area contributed by atoms with E-state index in [1.165, 1.54) is 0 Å². The minimum absolute atomic E-state index is 0.663. The molecule has 0 aromatic heterocycles. The first-order chi connectivity index (χ1) is 5.84. The van der Waals surface area contributed by atoms with Gasteiger partial charge < -0.3 is 9.64 Å². The van der Waals surface area contributed by atoms with Gasteiger partial charge in [0.25, 0.3) is 0 Å². The van der Waals surface area contributed by atoms with E-state index in [4.69, 9.17) is 23.4 Å². The van der Waals surface area contributed by atoms with E-state index < -0.39 is 0 Å². The topological polar surface area (TPSA) is 12.5 Å². The number of ether oxygens (including phenoxy) is 1. The van der Waals surface area contributed by atoms with Crippen molar-refractivity contribution in [2.24, 2.45) is 0 Å². The molecule has 0 radical (unpaired) electrons. The molecule has 1 aliphatic rings. The second kappa shape index (κ2) is 5.41. The van der Waals surface area contributed by atoms with E-state index in [0.717, 1.165) is 30.6 Å². The predicted molar refractivity (Wildman–Crippen MR) is 56.3 cm³/mol. The van der Waals surface area contributed by atoms with Crippen molar-refractivity contribution in [2.75, 3.05) is 32.1 Å². The van der Waals surface area contributed by atoms with Gasteiger partial charge in [-0.05, 0) is 0 Å². The maximum Gasteiger partial charge on any atom is 0.137 e. The van der Waals surface area contributed by atoms with Crippen LogP contribution in [0.25, 0.3) is 0 Å². The number of morpholine rings is 1. The third-order valence-electron chi connectivity index (χ3n) is 1.55. The molecule has 0 N–H and O–H groups in total. The average molecular weight is 201 g/mol. The van der Waals surface area contributed by atoms with E-state index in [1.807, 2.05) is 0 Å². The highest BCUT2D eigenvalue weighted by Crippen LogP contribution is 2.10. The standard InChI is InChI=1S/C8H11NOS2/c1-2-7-12-8(11)9-3-5-10-6-4-9/h1H,3-7H2. The van der Waals surface area contributed by atoms with Crippen molar-refractivity contribution < 1.29 is 4.74 Å². The smallest absolute Gasteiger partial charge is 0.137 e. The fourth-order valence-electron chi connectivity index (χ4n) is 0.941. The van der Waals surface area contributed by atoms with Crippen molar-refractivity contribution in [3.05, 3.63) is 0 Å². The average Bonchev–Trinajstić information content (AvgIpc) is 2.15. The highest BCUT2D eigenvalue weighted by atomic mass is 32.2. The zero-order chi connectivity index (χ0) is 8.81. The van der Waals surface area contributed by atoms with Crippen LogP contribution in [0.4, 0.5) is 0 Å². The van der Waals surface area contributed by atoms with Crippen LogP contribution < -0.4 is 0 Å². The number of rotatable bonds is 1. The van der Waals surface area contributed by atoms with Crippen molar-refractivity contribution in [1.29, 1.82) is 0 Å². The monoisotopic (exact) mass is 201 g/mol. The maximum absolute atomic E-state index is 5.20. The van der Waals surface area contributed by atoms with Gasteiger partial charge in [-0.15, -0.1) is 6.42 Å². The summed E-state index contributed by atoms with van der Waals surface area (Å²) < 4.78 is 6.10.